The largest absolute Gasteiger partial charge is 0.497 e. The summed E-state index contributed by atoms with van der Waals surface area (Å²) in [5, 5.41) is 0. The lowest BCUT2D eigenvalue weighted by Crippen LogP contribution is -1.94. The number of methoxy groups -OCH3 is 1. The Hall–Kier alpha value is -0.980. The summed E-state index contributed by atoms with van der Waals surface area (Å²) in [5.74, 6) is 0.982. The first-order valence-electron chi connectivity index (χ1n) is 6.39. The minimum absolute atomic E-state index is 0.982. The first-order valence-corrected chi connectivity index (χ1v) is 6.39. The molecule has 0 spiro atoms. The highest BCUT2D eigenvalue weighted by atomic mass is 16.5. The zero-order valence-corrected chi connectivity index (χ0v) is 10.8. The van der Waals surface area contributed by atoms with Crippen LogP contribution in [0.15, 0.2) is 12.1 Å². The average molecular weight is 219 g/mol. The highest BCUT2D eigenvalue weighted by molar-refractivity contribution is 5.33. The Morgan fingerprint density at radius 2 is 1.50 bits per heavy atom. The molecule has 1 aromatic rings. The van der Waals surface area contributed by atoms with Gasteiger partial charge in [-0.3, -0.25) is 0 Å². The van der Waals surface area contributed by atoms with Crippen molar-refractivity contribution in [2.75, 3.05) is 7.11 Å². The maximum absolute atomic E-state index is 5.34. The molecule has 1 aromatic carbocycles. The summed E-state index contributed by atoms with van der Waals surface area (Å²) in [6, 6.07) is 7.74. The summed E-state index contributed by atoms with van der Waals surface area (Å²) in [6.45, 7) is 4.44. The molecule has 1 nitrogen and oxygen atoms in total. The summed E-state index contributed by atoms with van der Waals surface area (Å²) >= 11 is 0. The highest BCUT2D eigenvalue weighted by Crippen LogP contribution is 2.19. The van der Waals surface area contributed by atoms with E-state index in [1.54, 1.807) is 7.11 Å². The third kappa shape index (κ3) is 4.26. The molecule has 0 fully saturated rings. The van der Waals surface area contributed by atoms with Gasteiger partial charge >= 0.3 is 0 Å². The van der Waals surface area contributed by atoms with Gasteiger partial charge in [0, 0.05) is 0 Å². The van der Waals surface area contributed by atoms with Gasteiger partial charge in [-0.2, -0.15) is 0 Å². The van der Waals surface area contributed by atoms with Crippen molar-refractivity contribution in [3.63, 3.8) is 0 Å². The van der Waals surface area contributed by atoms with Crippen LogP contribution in [0.5, 0.6) is 5.75 Å². The van der Waals surface area contributed by atoms with E-state index in [0.29, 0.717) is 0 Å². The molecule has 1 rings (SSSR count). The Morgan fingerprint density at radius 1 is 1.00 bits per heavy atom. The summed E-state index contributed by atoms with van der Waals surface area (Å²) in [4.78, 5) is 0. The Labute approximate surface area is 99.8 Å². The van der Waals surface area contributed by atoms with Crippen molar-refractivity contribution in [3.05, 3.63) is 29.3 Å². The molecule has 0 atom stereocenters. The molecule has 0 aliphatic rings. The quantitative estimate of drug-likeness (QED) is 0.668. The van der Waals surface area contributed by atoms with Gasteiger partial charge in [-0.05, 0) is 55.0 Å². The van der Waals surface area contributed by atoms with Crippen LogP contribution in [0.1, 0.15) is 50.7 Å². The SMILES string of the molecule is CCCCc1[c]c(CCCC)cc(OC)c1. The van der Waals surface area contributed by atoms with Crippen LogP contribution in [0, 0.1) is 6.07 Å². The van der Waals surface area contributed by atoms with Gasteiger partial charge in [0.15, 0.2) is 0 Å². The molecule has 0 aromatic heterocycles. The minimum atomic E-state index is 0.982. The number of hydrogen-bond donors (Lipinski definition) is 0. The lowest BCUT2D eigenvalue weighted by atomic mass is 10.0. The second kappa shape index (κ2) is 7.32. The van der Waals surface area contributed by atoms with Gasteiger partial charge in [-0.1, -0.05) is 26.7 Å². The Kier molecular flexibility index (Phi) is 5.99. The third-order valence-electron chi connectivity index (χ3n) is 2.79. The molecule has 0 unspecified atom stereocenters. The lowest BCUT2D eigenvalue weighted by Gasteiger charge is -2.08. The molecule has 16 heavy (non-hydrogen) atoms. The first kappa shape index (κ1) is 13.1. The smallest absolute Gasteiger partial charge is 0.119 e. The maximum atomic E-state index is 5.34. The number of hydrogen-bond acceptors (Lipinski definition) is 1. The van der Waals surface area contributed by atoms with Crippen molar-refractivity contribution in [3.8, 4) is 5.75 Å². The first-order chi connectivity index (χ1) is 7.80. The molecule has 0 amide bonds. The van der Waals surface area contributed by atoms with Crippen molar-refractivity contribution < 1.29 is 4.74 Å². The standard InChI is InChI=1S/C15H23O/c1-4-6-8-13-10-14(9-7-5-2)12-15(11-13)16-3/h11-12H,4-9H2,1-3H3. The second-order valence-corrected chi connectivity index (χ2v) is 4.28. The van der Waals surface area contributed by atoms with E-state index in [0.717, 1.165) is 18.6 Å². The van der Waals surface area contributed by atoms with Crippen molar-refractivity contribution in [1.82, 2.24) is 0 Å². The van der Waals surface area contributed by atoms with E-state index in [4.69, 9.17) is 4.74 Å². The zero-order valence-electron chi connectivity index (χ0n) is 10.8. The van der Waals surface area contributed by atoms with Crippen LogP contribution in [0.3, 0.4) is 0 Å². The van der Waals surface area contributed by atoms with E-state index < -0.39 is 0 Å². The predicted molar refractivity (Wildman–Crippen MR) is 69.1 cm³/mol. The molecule has 1 heteroatoms. The van der Waals surface area contributed by atoms with E-state index in [1.165, 1.54) is 36.8 Å². The molecule has 89 valence electrons. The molecule has 0 bridgehead atoms. The maximum Gasteiger partial charge on any atom is 0.119 e. The fourth-order valence-corrected chi connectivity index (χ4v) is 1.79. The van der Waals surface area contributed by atoms with Crippen LogP contribution in [0.25, 0.3) is 0 Å². The Balaban J connectivity index is 2.74. The Morgan fingerprint density at radius 3 is 1.88 bits per heavy atom. The minimum Gasteiger partial charge on any atom is -0.497 e. The molecule has 0 heterocycles. The molecule has 0 N–H and O–H groups in total. The van der Waals surface area contributed by atoms with E-state index >= 15 is 0 Å². The number of benzene rings is 1. The number of ether oxygens (including phenoxy) is 1. The summed E-state index contributed by atoms with van der Waals surface area (Å²) in [7, 11) is 1.74. The average Bonchev–Trinajstić information content (AvgIpc) is 2.33. The fourth-order valence-electron chi connectivity index (χ4n) is 1.79. The molecular weight excluding hydrogens is 196 g/mol. The monoisotopic (exact) mass is 219 g/mol. The van der Waals surface area contributed by atoms with Crippen LogP contribution >= 0.6 is 0 Å². The van der Waals surface area contributed by atoms with Crippen molar-refractivity contribution in [1.29, 1.82) is 0 Å². The van der Waals surface area contributed by atoms with Crippen LogP contribution in [0.4, 0.5) is 0 Å². The molecule has 0 aliphatic carbocycles. The molecule has 1 radical (unpaired) electrons. The number of rotatable bonds is 7. The Bertz CT molecular complexity index is 278. The van der Waals surface area contributed by atoms with Gasteiger partial charge in [0.25, 0.3) is 0 Å². The topological polar surface area (TPSA) is 9.23 Å². The van der Waals surface area contributed by atoms with Gasteiger partial charge in [0.1, 0.15) is 5.75 Å². The zero-order chi connectivity index (χ0) is 11.8. The van der Waals surface area contributed by atoms with Crippen molar-refractivity contribution >= 4 is 0 Å². The van der Waals surface area contributed by atoms with Gasteiger partial charge < -0.3 is 4.74 Å². The van der Waals surface area contributed by atoms with Gasteiger partial charge in [-0.15, -0.1) is 0 Å². The number of aryl methyl sites for hydroxylation is 2. The van der Waals surface area contributed by atoms with Crippen molar-refractivity contribution in [2.24, 2.45) is 0 Å². The van der Waals surface area contributed by atoms with Gasteiger partial charge in [-0.25, -0.2) is 0 Å². The van der Waals surface area contributed by atoms with E-state index in [1.807, 2.05) is 0 Å². The highest BCUT2D eigenvalue weighted by Gasteiger charge is 2.02. The van der Waals surface area contributed by atoms with Crippen LogP contribution < -0.4 is 4.74 Å². The van der Waals surface area contributed by atoms with Gasteiger partial charge in [0.2, 0.25) is 0 Å². The second-order valence-electron chi connectivity index (χ2n) is 4.28. The summed E-state index contributed by atoms with van der Waals surface area (Å²) < 4.78 is 5.34. The number of unbranched alkanes of at least 4 members (excludes halogenated alkanes) is 2. The van der Waals surface area contributed by atoms with E-state index in [-0.39, 0.29) is 0 Å². The third-order valence-corrected chi connectivity index (χ3v) is 2.79. The summed E-state index contributed by atoms with van der Waals surface area (Å²) in [5.41, 5.74) is 2.60. The molecule has 0 aliphatic heterocycles. The normalized spacial score (nSPS) is 10.4. The molecular formula is C15H23O. The molecule has 0 saturated heterocycles. The lowest BCUT2D eigenvalue weighted by molar-refractivity contribution is 0.413. The predicted octanol–water partition coefficient (Wildman–Crippen LogP) is 4.18. The van der Waals surface area contributed by atoms with E-state index in [9.17, 15) is 0 Å². The fraction of sp³-hybridized carbons (Fsp3) is 0.600. The van der Waals surface area contributed by atoms with Crippen molar-refractivity contribution in [2.45, 2.75) is 52.4 Å². The molecule has 0 saturated carbocycles. The van der Waals surface area contributed by atoms with Crippen LogP contribution in [-0.4, -0.2) is 7.11 Å². The van der Waals surface area contributed by atoms with Crippen LogP contribution in [0.2, 0.25) is 0 Å². The van der Waals surface area contributed by atoms with Crippen LogP contribution in [-0.2, 0) is 12.8 Å². The summed E-state index contributed by atoms with van der Waals surface area (Å²) in [6.07, 6.45) is 7.16. The van der Waals surface area contributed by atoms with Gasteiger partial charge in [0.05, 0.1) is 7.11 Å². The van der Waals surface area contributed by atoms with E-state index in [2.05, 4.69) is 32.0 Å².